The minimum atomic E-state index is -1.62. The molecule has 0 amide bonds. The first-order valence-electron chi connectivity index (χ1n) is 12.1. The molecular formula is C30H35P. The van der Waals surface area contributed by atoms with Gasteiger partial charge in [0.2, 0.25) is 0 Å². The van der Waals surface area contributed by atoms with Crippen molar-refractivity contribution in [1.29, 1.82) is 0 Å². The van der Waals surface area contributed by atoms with E-state index in [1.165, 1.54) is 57.8 Å². The van der Waals surface area contributed by atoms with E-state index in [2.05, 4.69) is 100 Å². The van der Waals surface area contributed by atoms with Gasteiger partial charge in [0.1, 0.15) is 0 Å². The number of benzene rings is 4. The molecule has 0 radical (unpaired) electrons. The van der Waals surface area contributed by atoms with Crippen molar-refractivity contribution in [3.63, 3.8) is 0 Å². The summed E-state index contributed by atoms with van der Waals surface area (Å²) in [7, 11) is -1.62. The first-order chi connectivity index (χ1) is 15.1. The fraction of sp³-hybridized carbons (Fsp3) is 0.333. The third-order valence-electron chi connectivity index (χ3n) is 8.51. The molecule has 4 aromatic rings. The molecule has 0 fully saturated rings. The molecule has 4 aromatic carbocycles. The zero-order valence-corrected chi connectivity index (χ0v) is 20.4. The van der Waals surface area contributed by atoms with Crippen LogP contribution in [0.1, 0.15) is 51.7 Å². The predicted molar refractivity (Wildman–Crippen MR) is 142 cm³/mol. The van der Waals surface area contributed by atoms with Gasteiger partial charge in [-0.05, 0) is 0 Å². The molecule has 0 saturated heterocycles. The van der Waals surface area contributed by atoms with Gasteiger partial charge < -0.3 is 0 Å². The average Bonchev–Trinajstić information content (AvgIpc) is 2.98. The molecule has 0 nitrogen and oxygen atoms in total. The molecule has 2 atom stereocenters. The number of hydrogen-bond acceptors (Lipinski definition) is 0. The van der Waals surface area contributed by atoms with Crippen LogP contribution in [0.15, 0.2) is 72.8 Å². The summed E-state index contributed by atoms with van der Waals surface area (Å²) >= 11 is 0. The molecule has 1 heteroatoms. The van der Waals surface area contributed by atoms with Crippen molar-refractivity contribution < 1.29 is 0 Å². The zero-order chi connectivity index (χ0) is 21.6. The monoisotopic (exact) mass is 426 g/mol. The van der Waals surface area contributed by atoms with Gasteiger partial charge in [-0.1, -0.05) is 0 Å². The summed E-state index contributed by atoms with van der Waals surface area (Å²) < 4.78 is 0. The van der Waals surface area contributed by atoms with E-state index in [0.717, 1.165) is 11.3 Å². The summed E-state index contributed by atoms with van der Waals surface area (Å²) in [6.07, 6.45) is 5.20. The third-order valence-corrected chi connectivity index (χ3v) is 15.3. The van der Waals surface area contributed by atoms with Crippen LogP contribution < -0.4 is 0 Å². The van der Waals surface area contributed by atoms with Crippen molar-refractivity contribution in [1.82, 2.24) is 0 Å². The van der Waals surface area contributed by atoms with Crippen molar-refractivity contribution >= 4 is 28.8 Å². The van der Waals surface area contributed by atoms with Gasteiger partial charge in [-0.25, -0.2) is 0 Å². The summed E-state index contributed by atoms with van der Waals surface area (Å²) in [5.74, 6) is 0. The quantitative estimate of drug-likeness (QED) is 0.286. The second-order valence-corrected chi connectivity index (χ2v) is 15.0. The average molecular weight is 427 g/mol. The molecule has 1 heterocycles. The zero-order valence-electron chi connectivity index (χ0n) is 19.4. The molecule has 160 valence electrons. The van der Waals surface area contributed by atoms with Gasteiger partial charge in [0, 0.05) is 0 Å². The van der Waals surface area contributed by atoms with Crippen LogP contribution in [-0.4, -0.2) is 11.3 Å². The van der Waals surface area contributed by atoms with Crippen LogP contribution in [0.25, 0.3) is 32.7 Å². The van der Waals surface area contributed by atoms with Gasteiger partial charge in [-0.15, -0.1) is 0 Å². The Morgan fingerprint density at radius 2 is 1.03 bits per heavy atom. The van der Waals surface area contributed by atoms with E-state index in [0.29, 0.717) is 0 Å². The van der Waals surface area contributed by atoms with Gasteiger partial charge in [-0.2, -0.15) is 0 Å². The Morgan fingerprint density at radius 3 is 1.45 bits per heavy atom. The molecule has 1 aliphatic heterocycles. The number of fused-ring (bicyclic) bond motifs is 7. The summed E-state index contributed by atoms with van der Waals surface area (Å²) in [4.78, 5) is 0. The number of hydrogen-bond donors (Lipinski definition) is 0. The number of rotatable bonds is 4. The van der Waals surface area contributed by atoms with E-state index >= 15 is 0 Å². The van der Waals surface area contributed by atoms with E-state index in [1.54, 1.807) is 11.1 Å². The summed E-state index contributed by atoms with van der Waals surface area (Å²) in [6.45, 7) is 9.95. The molecule has 0 aliphatic carbocycles. The third kappa shape index (κ3) is 3.23. The van der Waals surface area contributed by atoms with E-state index in [4.69, 9.17) is 0 Å². The normalized spacial score (nSPS) is 18.1. The first kappa shape index (κ1) is 20.7. The Kier molecular flexibility index (Phi) is 5.39. The van der Waals surface area contributed by atoms with Gasteiger partial charge in [0.25, 0.3) is 0 Å². The van der Waals surface area contributed by atoms with Crippen LogP contribution in [-0.2, 0) is 12.3 Å². The van der Waals surface area contributed by atoms with Gasteiger partial charge in [0.05, 0.1) is 0 Å². The van der Waals surface area contributed by atoms with Crippen molar-refractivity contribution in [3.8, 4) is 11.1 Å². The summed E-state index contributed by atoms with van der Waals surface area (Å²) in [5, 5.41) is 5.58. The Hall–Kier alpha value is -2.17. The van der Waals surface area contributed by atoms with E-state index in [-0.39, 0.29) is 0 Å². The summed E-state index contributed by atoms with van der Waals surface area (Å²) in [5.41, 5.74) is 7.87. The molecular weight excluding hydrogens is 391 g/mol. The van der Waals surface area contributed by atoms with Crippen molar-refractivity contribution in [2.75, 3.05) is 0 Å². The van der Waals surface area contributed by atoms with Gasteiger partial charge in [0.15, 0.2) is 0 Å². The second kappa shape index (κ2) is 8.07. The van der Waals surface area contributed by atoms with Crippen LogP contribution in [0, 0.1) is 0 Å². The minimum absolute atomic E-state index is 0.819. The predicted octanol–water partition coefficient (Wildman–Crippen LogP) is 9.02. The van der Waals surface area contributed by atoms with E-state index in [9.17, 15) is 0 Å². The molecule has 1 aliphatic rings. The van der Waals surface area contributed by atoms with E-state index < -0.39 is 7.26 Å². The Labute approximate surface area is 188 Å². The van der Waals surface area contributed by atoms with Crippen LogP contribution in [0.3, 0.4) is 0 Å². The van der Waals surface area contributed by atoms with Crippen molar-refractivity contribution in [2.24, 2.45) is 0 Å². The van der Waals surface area contributed by atoms with Crippen LogP contribution >= 0.6 is 7.26 Å². The Morgan fingerprint density at radius 1 is 0.613 bits per heavy atom. The molecule has 0 N–H and O–H groups in total. The maximum absolute atomic E-state index is 2.56. The fourth-order valence-corrected chi connectivity index (χ4v) is 12.4. The maximum atomic E-state index is 2.56. The molecule has 31 heavy (non-hydrogen) atoms. The van der Waals surface area contributed by atoms with Crippen molar-refractivity contribution in [2.45, 2.75) is 64.2 Å². The fourth-order valence-electron chi connectivity index (χ4n) is 6.29. The topological polar surface area (TPSA) is 0 Å². The van der Waals surface area contributed by atoms with Crippen LogP contribution in [0.5, 0.6) is 0 Å². The molecule has 0 bridgehead atoms. The van der Waals surface area contributed by atoms with Crippen molar-refractivity contribution in [3.05, 3.63) is 83.9 Å². The SMILES string of the molecule is CC[C@@H](C)[PH]1([C@@H](C)CC)Cc2ccc3ccccc3c2-c2c(ccc3ccccc23)C1. The van der Waals surface area contributed by atoms with Crippen LogP contribution in [0.2, 0.25) is 0 Å². The summed E-state index contributed by atoms with van der Waals surface area (Å²) in [6, 6.07) is 27.7. The van der Waals surface area contributed by atoms with Gasteiger partial charge >= 0.3 is 188 Å². The Balaban J connectivity index is 1.92. The molecule has 0 aromatic heterocycles. The first-order valence-corrected chi connectivity index (χ1v) is 14.7. The van der Waals surface area contributed by atoms with E-state index in [1.807, 2.05) is 0 Å². The van der Waals surface area contributed by atoms with Gasteiger partial charge in [-0.3, -0.25) is 0 Å². The molecule has 0 saturated carbocycles. The second-order valence-electron chi connectivity index (χ2n) is 9.85. The molecule has 0 unspecified atom stereocenters. The molecule has 5 rings (SSSR count). The van der Waals surface area contributed by atoms with Crippen LogP contribution in [0.4, 0.5) is 0 Å². The Bertz CT molecular complexity index is 1150. The standard InChI is InChI=1S/C30H35P/c1-5-21(3)31(22(4)6-2)19-25-17-15-23-11-7-9-13-27(23)29(25)30-26(20-31)18-16-24-12-8-10-14-28(24)30/h7-18,21-22,31H,5-6,19-20H2,1-4H3/t21-,22+. The molecule has 0 spiro atoms.